The molecule has 1 amide bonds. The fourth-order valence-corrected chi connectivity index (χ4v) is 4.68. The van der Waals surface area contributed by atoms with Gasteiger partial charge in [0.15, 0.2) is 0 Å². The summed E-state index contributed by atoms with van der Waals surface area (Å²) in [6.45, 7) is 0.418. The molecule has 0 radical (unpaired) electrons. The number of hydrogen-bond donors (Lipinski definition) is 1. The molecule has 2 N–H and O–H groups in total. The molecule has 2 aliphatic carbocycles. The Kier molecular flexibility index (Phi) is 4.08. The van der Waals surface area contributed by atoms with Gasteiger partial charge in [-0.2, -0.15) is 0 Å². The zero-order chi connectivity index (χ0) is 14.1. The molecule has 0 saturated heterocycles. The molecule has 0 aliphatic heterocycles. The van der Waals surface area contributed by atoms with E-state index in [1.807, 2.05) is 4.90 Å². The van der Waals surface area contributed by atoms with Crippen LogP contribution in [0, 0.1) is 0 Å². The molecular weight excluding hydrogens is 288 g/mol. The van der Waals surface area contributed by atoms with E-state index in [1.54, 1.807) is 11.3 Å². The normalized spacial score (nSPS) is 18.2. The Labute approximate surface area is 129 Å². The van der Waals surface area contributed by atoms with Crippen LogP contribution in [-0.4, -0.2) is 28.4 Å². The van der Waals surface area contributed by atoms with Crippen LogP contribution in [0.15, 0.2) is 6.07 Å². The minimum absolute atomic E-state index is 0.129. The maximum atomic E-state index is 12.8. The lowest BCUT2D eigenvalue weighted by atomic mass is 10.2. The smallest absolute Gasteiger partial charge is 0.264 e. The molecule has 1 aromatic rings. The number of carbonyl (C=O) groups excluding carboxylic acids is 1. The molecule has 2 aliphatic rings. The van der Waals surface area contributed by atoms with Crippen molar-refractivity contribution in [1.82, 2.24) is 4.90 Å². The van der Waals surface area contributed by atoms with E-state index in [4.69, 9.17) is 18.0 Å². The second-order valence-corrected chi connectivity index (χ2v) is 7.41. The van der Waals surface area contributed by atoms with Crippen LogP contribution >= 0.6 is 23.6 Å². The van der Waals surface area contributed by atoms with Gasteiger partial charge in [0.25, 0.3) is 5.91 Å². The van der Waals surface area contributed by atoms with Gasteiger partial charge < -0.3 is 10.6 Å². The quantitative estimate of drug-likeness (QED) is 0.870. The molecule has 0 atom stereocenters. The molecule has 3 rings (SSSR count). The van der Waals surface area contributed by atoms with Crippen molar-refractivity contribution >= 4 is 34.5 Å². The van der Waals surface area contributed by atoms with Crippen LogP contribution in [0.4, 0.5) is 0 Å². The summed E-state index contributed by atoms with van der Waals surface area (Å²) in [6, 6.07) is 2.41. The summed E-state index contributed by atoms with van der Waals surface area (Å²) in [6.07, 6.45) is 8.05. The Morgan fingerprint density at radius 1 is 1.35 bits per heavy atom. The fourth-order valence-electron chi connectivity index (χ4n) is 3.33. The third kappa shape index (κ3) is 2.74. The molecule has 0 bridgehead atoms. The van der Waals surface area contributed by atoms with Crippen molar-refractivity contribution in [3.63, 3.8) is 0 Å². The van der Waals surface area contributed by atoms with Crippen molar-refractivity contribution in [3.8, 4) is 0 Å². The first kappa shape index (κ1) is 14.0. The van der Waals surface area contributed by atoms with E-state index >= 15 is 0 Å². The number of amides is 1. The average molecular weight is 308 g/mol. The highest BCUT2D eigenvalue weighted by atomic mass is 32.1. The van der Waals surface area contributed by atoms with Crippen molar-refractivity contribution in [2.24, 2.45) is 5.73 Å². The topological polar surface area (TPSA) is 46.3 Å². The lowest BCUT2D eigenvalue weighted by molar-refractivity contribution is 0.0719. The van der Waals surface area contributed by atoms with Crippen LogP contribution < -0.4 is 5.73 Å². The lowest BCUT2D eigenvalue weighted by Gasteiger charge is -2.28. The summed E-state index contributed by atoms with van der Waals surface area (Å²) in [5.41, 5.74) is 7.07. The van der Waals surface area contributed by atoms with E-state index < -0.39 is 0 Å². The van der Waals surface area contributed by atoms with Crippen molar-refractivity contribution in [3.05, 3.63) is 21.4 Å². The molecule has 1 fully saturated rings. The highest BCUT2D eigenvalue weighted by Gasteiger charge is 2.29. The van der Waals surface area contributed by atoms with Gasteiger partial charge in [0.2, 0.25) is 0 Å². The van der Waals surface area contributed by atoms with Crippen LogP contribution in [0.3, 0.4) is 0 Å². The van der Waals surface area contributed by atoms with E-state index in [0.717, 1.165) is 30.6 Å². The van der Waals surface area contributed by atoms with Crippen LogP contribution in [0.2, 0.25) is 0 Å². The number of carbonyl (C=O) groups is 1. The van der Waals surface area contributed by atoms with Gasteiger partial charge in [-0.3, -0.25) is 4.79 Å². The third-order valence-corrected chi connectivity index (χ3v) is 5.66. The Morgan fingerprint density at radius 2 is 2.10 bits per heavy atom. The van der Waals surface area contributed by atoms with Gasteiger partial charge in [0, 0.05) is 10.9 Å². The Hall–Kier alpha value is -0.940. The summed E-state index contributed by atoms with van der Waals surface area (Å²) in [7, 11) is 0. The van der Waals surface area contributed by atoms with Gasteiger partial charge in [-0.25, -0.2) is 0 Å². The number of nitrogens with zero attached hydrogens (tertiary/aromatic N) is 1. The van der Waals surface area contributed by atoms with Crippen molar-refractivity contribution in [2.75, 3.05) is 6.54 Å². The van der Waals surface area contributed by atoms with Crippen LogP contribution in [-0.2, 0) is 12.8 Å². The highest BCUT2D eigenvalue weighted by Crippen LogP contribution is 2.32. The van der Waals surface area contributed by atoms with E-state index in [-0.39, 0.29) is 5.91 Å². The molecular formula is C15H20N2OS2. The monoisotopic (exact) mass is 308 g/mol. The lowest BCUT2D eigenvalue weighted by Crippen LogP contribution is -2.43. The maximum Gasteiger partial charge on any atom is 0.264 e. The Bertz CT molecular complexity index is 510. The summed E-state index contributed by atoms with van der Waals surface area (Å²) in [4.78, 5) is 17.4. The van der Waals surface area contributed by atoms with Gasteiger partial charge in [-0.15, -0.1) is 11.3 Å². The molecule has 3 nitrogen and oxygen atoms in total. The van der Waals surface area contributed by atoms with Gasteiger partial charge >= 0.3 is 0 Å². The van der Waals surface area contributed by atoms with E-state index in [1.165, 1.54) is 29.7 Å². The predicted octanol–water partition coefficient (Wildman–Crippen LogP) is 2.91. The summed E-state index contributed by atoms with van der Waals surface area (Å²) in [5.74, 6) is 0.129. The van der Waals surface area contributed by atoms with Gasteiger partial charge in [0.05, 0.1) is 16.4 Å². The summed E-state index contributed by atoms with van der Waals surface area (Å²) < 4.78 is 0. The predicted molar refractivity (Wildman–Crippen MR) is 86.4 cm³/mol. The summed E-state index contributed by atoms with van der Waals surface area (Å²) in [5, 5.41) is 0. The van der Waals surface area contributed by atoms with Crippen LogP contribution in [0.5, 0.6) is 0 Å². The molecule has 20 heavy (non-hydrogen) atoms. The number of fused-ring (bicyclic) bond motifs is 1. The molecule has 0 aromatic carbocycles. The Morgan fingerprint density at radius 3 is 2.75 bits per heavy atom. The third-order valence-electron chi connectivity index (χ3n) is 4.31. The van der Waals surface area contributed by atoms with Crippen molar-refractivity contribution < 1.29 is 4.79 Å². The number of thiocarbonyl (C=S) groups is 1. The second-order valence-electron chi connectivity index (χ2n) is 5.75. The molecule has 1 saturated carbocycles. The number of nitrogens with two attached hydrogens (primary N) is 1. The molecule has 5 heteroatoms. The zero-order valence-electron chi connectivity index (χ0n) is 11.6. The van der Waals surface area contributed by atoms with Crippen molar-refractivity contribution in [2.45, 2.75) is 51.0 Å². The number of thiophene rings is 1. The van der Waals surface area contributed by atoms with Crippen LogP contribution in [0.1, 0.15) is 52.2 Å². The molecule has 108 valence electrons. The minimum atomic E-state index is 0.129. The van der Waals surface area contributed by atoms with Gasteiger partial charge in [0.1, 0.15) is 0 Å². The van der Waals surface area contributed by atoms with Crippen LogP contribution in [0.25, 0.3) is 0 Å². The molecule has 0 spiro atoms. The average Bonchev–Trinajstić information content (AvgIpc) is 3.09. The standard InChI is InChI=1S/C15H20N2OS2/c16-14(19)9-17(11-5-1-2-6-11)15(18)13-8-10-4-3-7-12(10)20-13/h8,11H,1-7,9H2,(H2,16,19). The fraction of sp³-hybridized carbons (Fsp3) is 0.600. The first-order valence-corrected chi connectivity index (χ1v) is 8.58. The Balaban J connectivity index is 1.81. The molecule has 1 heterocycles. The van der Waals surface area contributed by atoms with Crippen molar-refractivity contribution in [1.29, 1.82) is 0 Å². The minimum Gasteiger partial charge on any atom is -0.392 e. The number of hydrogen-bond acceptors (Lipinski definition) is 3. The maximum absolute atomic E-state index is 12.8. The zero-order valence-corrected chi connectivity index (χ0v) is 13.2. The number of aryl methyl sites for hydroxylation is 2. The first-order chi connectivity index (χ1) is 9.65. The molecule has 1 aromatic heterocycles. The highest BCUT2D eigenvalue weighted by molar-refractivity contribution is 7.80. The van der Waals surface area contributed by atoms with E-state index in [2.05, 4.69) is 6.07 Å². The SMILES string of the molecule is NC(=S)CN(C(=O)c1cc2c(s1)CCC2)C1CCCC1. The van der Waals surface area contributed by atoms with E-state index in [9.17, 15) is 4.79 Å². The second kappa shape index (κ2) is 5.82. The summed E-state index contributed by atoms with van der Waals surface area (Å²) >= 11 is 6.70. The first-order valence-electron chi connectivity index (χ1n) is 7.36. The molecule has 0 unspecified atom stereocenters. The number of rotatable bonds is 4. The van der Waals surface area contributed by atoms with E-state index in [0.29, 0.717) is 17.6 Å². The van der Waals surface area contributed by atoms with Gasteiger partial charge in [-0.1, -0.05) is 25.1 Å². The van der Waals surface area contributed by atoms with Gasteiger partial charge in [-0.05, 0) is 43.7 Å². The largest absolute Gasteiger partial charge is 0.392 e.